The largest absolute Gasteiger partial charge is 0.397 e. The van der Waals surface area contributed by atoms with Crippen LogP contribution in [0.2, 0.25) is 0 Å². The Bertz CT molecular complexity index is 1120. The Hall–Kier alpha value is -3.48. The van der Waals surface area contributed by atoms with Crippen LogP contribution < -0.4 is 21.7 Å². The second-order valence-electron chi connectivity index (χ2n) is 7.10. The summed E-state index contributed by atoms with van der Waals surface area (Å²) in [5.41, 5.74) is 15.0. The minimum absolute atomic E-state index is 0.101. The van der Waals surface area contributed by atoms with Gasteiger partial charge in [-0.1, -0.05) is 0 Å². The Balaban J connectivity index is 1.62. The lowest BCUT2D eigenvalue weighted by Crippen LogP contribution is -2.43. The highest BCUT2D eigenvalue weighted by Crippen LogP contribution is 2.30. The van der Waals surface area contributed by atoms with Crippen molar-refractivity contribution in [2.24, 2.45) is 5.73 Å². The predicted molar refractivity (Wildman–Crippen MR) is 118 cm³/mol. The van der Waals surface area contributed by atoms with E-state index < -0.39 is 5.91 Å². The number of aromatic nitrogens is 2. The Kier molecular flexibility index (Phi) is 5.61. The molecule has 0 saturated carbocycles. The van der Waals surface area contributed by atoms with Gasteiger partial charge in [0.1, 0.15) is 6.07 Å². The number of carbonyl (C=O) groups excluding carboxylic acids is 1. The first-order valence-corrected chi connectivity index (χ1v) is 10.4. The normalized spacial score (nSPS) is 16.1. The number of nitrogens with two attached hydrogens (primary N) is 2. The number of nitrogen functional groups attached to an aromatic ring is 1. The number of nitrogens with zero attached hydrogens (tertiary/aromatic N) is 4. The molecular weight excluding hydrogens is 398 g/mol. The van der Waals surface area contributed by atoms with Gasteiger partial charge in [0.15, 0.2) is 5.69 Å². The molecule has 1 aliphatic heterocycles. The molecule has 4 heterocycles. The van der Waals surface area contributed by atoms with Crippen LogP contribution in [0.15, 0.2) is 42.0 Å². The van der Waals surface area contributed by atoms with Crippen LogP contribution in [0, 0.1) is 11.3 Å². The van der Waals surface area contributed by atoms with Crippen LogP contribution in [0.25, 0.3) is 10.6 Å². The van der Waals surface area contributed by atoms with Gasteiger partial charge in [-0.15, -0.1) is 11.3 Å². The van der Waals surface area contributed by atoms with Gasteiger partial charge in [-0.3, -0.25) is 9.78 Å². The number of pyridine rings is 2. The lowest BCUT2D eigenvalue weighted by atomic mass is 10.1. The summed E-state index contributed by atoms with van der Waals surface area (Å²) < 4.78 is 0. The molecule has 0 bridgehead atoms. The molecule has 4 rings (SSSR count). The minimum Gasteiger partial charge on any atom is -0.397 e. The van der Waals surface area contributed by atoms with Crippen LogP contribution in [-0.2, 0) is 0 Å². The third-order valence-corrected chi connectivity index (χ3v) is 5.94. The third-order valence-electron chi connectivity index (χ3n) is 5.00. The smallest absolute Gasteiger partial charge is 0.276 e. The summed E-state index contributed by atoms with van der Waals surface area (Å²) in [5, 5.41) is 14.0. The molecule has 1 fully saturated rings. The average molecular weight is 420 g/mol. The fourth-order valence-corrected chi connectivity index (χ4v) is 4.36. The molecule has 8 nitrogen and oxygen atoms in total. The van der Waals surface area contributed by atoms with E-state index in [-0.39, 0.29) is 17.4 Å². The zero-order chi connectivity index (χ0) is 21.1. The summed E-state index contributed by atoms with van der Waals surface area (Å²) in [6, 6.07) is 9.18. The summed E-state index contributed by atoms with van der Waals surface area (Å²) in [4.78, 5) is 24.5. The summed E-state index contributed by atoms with van der Waals surface area (Å²) in [6.07, 6.45) is 5.29. The summed E-state index contributed by atoms with van der Waals surface area (Å²) in [7, 11) is 0. The van der Waals surface area contributed by atoms with Crippen molar-refractivity contribution in [2.75, 3.05) is 29.0 Å². The molecule has 0 aliphatic carbocycles. The average Bonchev–Trinajstić information content (AvgIpc) is 3.23. The van der Waals surface area contributed by atoms with Crippen molar-refractivity contribution in [3.05, 3.63) is 53.3 Å². The standard InChI is InChI=1S/C21H21N7OS/c22-10-13-6-9-30-20(13)16-4-3-15(24)19(26-16)21(29)27-17-11-25-7-5-18(17)28-8-1-2-14(23)12-28/h3-7,9,11,14H,1-2,8,12,23-24H2,(H,27,29)/t14-/m0/s1. The first-order chi connectivity index (χ1) is 14.6. The SMILES string of the molecule is N#Cc1ccsc1-c1ccc(N)c(C(=O)Nc2cnccc2N2CCC[C@H](N)C2)n1. The number of piperidine rings is 1. The number of amides is 1. The van der Waals surface area contributed by atoms with Gasteiger partial charge in [-0.25, -0.2) is 4.98 Å². The fourth-order valence-electron chi connectivity index (χ4n) is 3.54. The maximum atomic E-state index is 13.0. The third kappa shape index (κ3) is 3.96. The maximum absolute atomic E-state index is 13.0. The predicted octanol–water partition coefficient (Wildman–Crippen LogP) is 2.84. The van der Waals surface area contributed by atoms with E-state index in [2.05, 4.69) is 26.3 Å². The highest BCUT2D eigenvalue weighted by Gasteiger charge is 2.22. The molecule has 1 atom stereocenters. The van der Waals surface area contributed by atoms with Crippen molar-refractivity contribution in [1.82, 2.24) is 9.97 Å². The maximum Gasteiger partial charge on any atom is 0.276 e. The van der Waals surface area contributed by atoms with Gasteiger partial charge in [-0.2, -0.15) is 5.26 Å². The van der Waals surface area contributed by atoms with E-state index in [1.807, 2.05) is 11.4 Å². The van der Waals surface area contributed by atoms with Crippen LogP contribution in [0.3, 0.4) is 0 Å². The molecule has 152 valence electrons. The van der Waals surface area contributed by atoms with Gasteiger partial charge in [0, 0.05) is 25.3 Å². The lowest BCUT2D eigenvalue weighted by molar-refractivity contribution is 0.102. The van der Waals surface area contributed by atoms with Crippen molar-refractivity contribution in [1.29, 1.82) is 5.26 Å². The van der Waals surface area contributed by atoms with Crippen LogP contribution in [-0.4, -0.2) is 35.0 Å². The number of carbonyl (C=O) groups is 1. The Morgan fingerprint density at radius 3 is 3.00 bits per heavy atom. The number of nitriles is 1. The molecule has 3 aromatic heterocycles. The Morgan fingerprint density at radius 1 is 1.33 bits per heavy atom. The van der Waals surface area contributed by atoms with Gasteiger partial charge in [0.05, 0.1) is 39.4 Å². The molecule has 0 unspecified atom stereocenters. The molecule has 0 radical (unpaired) electrons. The van der Waals surface area contributed by atoms with E-state index in [9.17, 15) is 10.1 Å². The topological polar surface area (TPSA) is 134 Å². The highest BCUT2D eigenvalue weighted by molar-refractivity contribution is 7.13. The monoisotopic (exact) mass is 419 g/mol. The second kappa shape index (κ2) is 8.49. The summed E-state index contributed by atoms with van der Waals surface area (Å²) >= 11 is 1.39. The molecule has 1 amide bonds. The number of anilines is 3. The Morgan fingerprint density at radius 2 is 2.20 bits per heavy atom. The molecule has 1 aliphatic rings. The number of hydrogen-bond acceptors (Lipinski definition) is 8. The van der Waals surface area contributed by atoms with E-state index in [4.69, 9.17) is 11.5 Å². The van der Waals surface area contributed by atoms with Crippen molar-refractivity contribution >= 4 is 34.3 Å². The van der Waals surface area contributed by atoms with Crippen molar-refractivity contribution in [3.63, 3.8) is 0 Å². The zero-order valence-electron chi connectivity index (χ0n) is 16.2. The van der Waals surface area contributed by atoms with E-state index in [0.29, 0.717) is 21.8 Å². The minimum atomic E-state index is -0.431. The molecule has 3 aromatic rings. The van der Waals surface area contributed by atoms with Gasteiger partial charge < -0.3 is 21.7 Å². The van der Waals surface area contributed by atoms with Gasteiger partial charge >= 0.3 is 0 Å². The molecule has 1 saturated heterocycles. The lowest BCUT2D eigenvalue weighted by Gasteiger charge is -2.33. The van der Waals surface area contributed by atoms with E-state index in [1.54, 1.807) is 30.6 Å². The summed E-state index contributed by atoms with van der Waals surface area (Å²) in [5.74, 6) is -0.431. The fraction of sp³-hybridized carbons (Fsp3) is 0.238. The van der Waals surface area contributed by atoms with E-state index in [0.717, 1.165) is 31.6 Å². The first kappa shape index (κ1) is 19.8. The second-order valence-corrected chi connectivity index (χ2v) is 8.02. The number of nitrogens with one attached hydrogen (secondary N) is 1. The van der Waals surface area contributed by atoms with E-state index in [1.165, 1.54) is 11.3 Å². The van der Waals surface area contributed by atoms with Crippen molar-refractivity contribution in [2.45, 2.75) is 18.9 Å². The molecular formula is C21H21N7OS. The van der Waals surface area contributed by atoms with Gasteiger partial charge in [-0.05, 0) is 42.5 Å². The van der Waals surface area contributed by atoms with Gasteiger partial charge in [0.2, 0.25) is 0 Å². The number of rotatable bonds is 4. The molecule has 30 heavy (non-hydrogen) atoms. The molecule has 0 aromatic carbocycles. The van der Waals surface area contributed by atoms with Crippen molar-refractivity contribution in [3.8, 4) is 16.6 Å². The van der Waals surface area contributed by atoms with E-state index >= 15 is 0 Å². The number of thiophene rings is 1. The Labute approximate surface area is 178 Å². The molecule has 5 N–H and O–H groups in total. The van der Waals surface area contributed by atoms with Crippen LogP contribution in [0.5, 0.6) is 0 Å². The zero-order valence-corrected chi connectivity index (χ0v) is 17.0. The molecule has 9 heteroatoms. The number of hydrogen-bond donors (Lipinski definition) is 3. The highest BCUT2D eigenvalue weighted by atomic mass is 32.1. The van der Waals surface area contributed by atoms with Gasteiger partial charge in [0.25, 0.3) is 5.91 Å². The summed E-state index contributed by atoms with van der Waals surface area (Å²) in [6.45, 7) is 1.59. The van der Waals surface area contributed by atoms with Crippen LogP contribution >= 0.6 is 11.3 Å². The van der Waals surface area contributed by atoms with Crippen LogP contribution in [0.4, 0.5) is 17.1 Å². The quantitative estimate of drug-likeness (QED) is 0.592. The van der Waals surface area contributed by atoms with Crippen molar-refractivity contribution < 1.29 is 4.79 Å². The van der Waals surface area contributed by atoms with Crippen LogP contribution in [0.1, 0.15) is 28.9 Å². The molecule has 0 spiro atoms. The first-order valence-electron chi connectivity index (χ1n) is 9.57.